The number of hydrazone groups is 1. The van der Waals surface area contributed by atoms with Crippen LogP contribution in [0.4, 0.5) is 4.79 Å². The number of ether oxygens (including phenoxy) is 2. The molecule has 0 unspecified atom stereocenters. The summed E-state index contributed by atoms with van der Waals surface area (Å²) >= 11 is 0. The van der Waals surface area contributed by atoms with Crippen LogP contribution in [0.25, 0.3) is 0 Å². The Bertz CT molecular complexity index is 770. The maximum atomic E-state index is 12.2. The normalized spacial score (nSPS) is 10.4. The molecule has 0 saturated heterocycles. The van der Waals surface area contributed by atoms with Crippen LogP contribution in [0.2, 0.25) is 0 Å². The summed E-state index contributed by atoms with van der Waals surface area (Å²) in [5.74, 6) is 0.159. The number of esters is 1. The van der Waals surface area contributed by atoms with Crippen molar-refractivity contribution < 1.29 is 19.1 Å². The standard InChI is InChI=1S/C17H17N3O4/c1-11-3-6-13(7-4-11)16(21)24-14-8-5-12(9-15(14)23-2)10-19-20-17(18)22/h3-10H,1-2H3,(H3,18,20,22)/b19-10-. The molecule has 2 aromatic carbocycles. The van der Waals surface area contributed by atoms with Crippen LogP contribution in [0.15, 0.2) is 47.6 Å². The lowest BCUT2D eigenvalue weighted by Crippen LogP contribution is -2.24. The first-order valence-electron chi connectivity index (χ1n) is 7.05. The molecule has 3 N–H and O–H groups in total. The van der Waals surface area contributed by atoms with E-state index in [1.165, 1.54) is 13.3 Å². The van der Waals surface area contributed by atoms with Crippen LogP contribution in [0, 0.1) is 6.92 Å². The van der Waals surface area contributed by atoms with E-state index in [-0.39, 0.29) is 5.75 Å². The van der Waals surface area contributed by atoms with Crippen molar-refractivity contribution in [3.63, 3.8) is 0 Å². The van der Waals surface area contributed by atoms with Crippen molar-refractivity contribution >= 4 is 18.2 Å². The molecule has 0 aliphatic carbocycles. The molecular weight excluding hydrogens is 310 g/mol. The average molecular weight is 327 g/mol. The van der Waals surface area contributed by atoms with Gasteiger partial charge in [-0.15, -0.1) is 0 Å². The first-order chi connectivity index (χ1) is 11.5. The van der Waals surface area contributed by atoms with E-state index in [1.54, 1.807) is 30.3 Å². The number of carbonyl (C=O) groups excluding carboxylic acids is 2. The molecule has 0 radical (unpaired) electrons. The molecule has 0 aromatic heterocycles. The molecule has 7 heteroatoms. The molecular formula is C17H17N3O4. The number of carbonyl (C=O) groups is 2. The molecule has 0 fully saturated rings. The van der Waals surface area contributed by atoms with Crippen LogP contribution in [-0.4, -0.2) is 25.3 Å². The van der Waals surface area contributed by atoms with E-state index in [1.807, 2.05) is 19.1 Å². The summed E-state index contributed by atoms with van der Waals surface area (Å²) in [5, 5.41) is 3.65. The van der Waals surface area contributed by atoms with Gasteiger partial charge in [-0.2, -0.15) is 5.10 Å². The van der Waals surface area contributed by atoms with Crippen LogP contribution >= 0.6 is 0 Å². The Morgan fingerprint density at radius 1 is 1.12 bits per heavy atom. The number of rotatable bonds is 5. The van der Waals surface area contributed by atoms with Gasteiger partial charge in [0.2, 0.25) is 0 Å². The Morgan fingerprint density at radius 3 is 2.46 bits per heavy atom. The Labute approximate surface area is 139 Å². The first kappa shape index (κ1) is 17.0. The fraction of sp³-hybridized carbons (Fsp3) is 0.118. The number of benzene rings is 2. The van der Waals surface area contributed by atoms with Gasteiger partial charge >= 0.3 is 12.0 Å². The third-order valence-electron chi connectivity index (χ3n) is 3.07. The number of primary amides is 1. The summed E-state index contributed by atoms with van der Waals surface area (Å²) in [5.41, 5.74) is 9.13. The van der Waals surface area contributed by atoms with E-state index in [2.05, 4.69) is 10.5 Å². The number of nitrogens with zero attached hydrogens (tertiary/aromatic N) is 1. The first-order valence-corrected chi connectivity index (χ1v) is 7.05. The van der Waals surface area contributed by atoms with Crippen molar-refractivity contribution in [2.24, 2.45) is 10.8 Å². The average Bonchev–Trinajstić information content (AvgIpc) is 2.56. The monoisotopic (exact) mass is 327 g/mol. The van der Waals surface area contributed by atoms with Crippen molar-refractivity contribution in [1.82, 2.24) is 5.43 Å². The SMILES string of the molecule is COc1cc(/C=N\NC(N)=O)ccc1OC(=O)c1ccc(C)cc1. The molecule has 2 aromatic rings. The van der Waals surface area contributed by atoms with Gasteiger partial charge in [-0.1, -0.05) is 17.7 Å². The van der Waals surface area contributed by atoms with E-state index >= 15 is 0 Å². The van der Waals surface area contributed by atoms with E-state index in [0.29, 0.717) is 16.9 Å². The Kier molecular flexibility index (Phi) is 5.51. The molecule has 0 atom stereocenters. The van der Waals surface area contributed by atoms with Crippen molar-refractivity contribution in [1.29, 1.82) is 0 Å². The summed E-state index contributed by atoms with van der Waals surface area (Å²) in [7, 11) is 1.46. The summed E-state index contributed by atoms with van der Waals surface area (Å²) in [6, 6.07) is 11.1. The smallest absolute Gasteiger partial charge is 0.343 e. The minimum Gasteiger partial charge on any atom is -0.493 e. The van der Waals surface area contributed by atoms with Crippen LogP contribution in [0.5, 0.6) is 11.5 Å². The molecule has 0 heterocycles. The van der Waals surface area contributed by atoms with Gasteiger partial charge in [0.25, 0.3) is 0 Å². The number of hydrogen-bond donors (Lipinski definition) is 2. The predicted octanol–water partition coefficient (Wildman–Crippen LogP) is 2.23. The van der Waals surface area contributed by atoms with E-state index in [0.717, 1.165) is 5.56 Å². The molecule has 24 heavy (non-hydrogen) atoms. The maximum Gasteiger partial charge on any atom is 0.343 e. The number of urea groups is 1. The molecule has 0 saturated carbocycles. The summed E-state index contributed by atoms with van der Waals surface area (Å²) in [6.45, 7) is 1.94. The van der Waals surface area contributed by atoms with Crippen LogP contribution in [0.1, 0.15) is 21.5 Å². The van der Waals surface area contributed by atoms with Crippen molar-refractivity contribution in [3.8, 4) is 11.5 Å². The van der Waals surface area contributed by atoms with Gasteiger partial charge in [0.05, 0.1) is 18.9 Å². The van der Waals surface area contributed by atoms with E-state index in [9.17, 15) is 9.59 Å². The molecule has 0 aliphatic rings. The number of nitrogens with one attached hydrogen (secondary N) is 1. The van der Waals surface area contributed by atoms with Crippen molar-refractivity contribution in [2.75, 3.05) is 7.11 Å². The Hall–Kier alpha value is -3.35. The zero-order valence-corrected chi connectivity index (χ0v) is 13.3. The Morgan fingerprint density at radius 2 is 1.83 bits per heavy atom. The second-order valence-electron chi connectivity index (χ2n) is 4.90. The second-order valence-corrected chi connectivity index (χ2v) is 4.90. The quantitative estimate of drug-likeness (QED) is 0.380. The van der Waals surface area contributed by atoms with Gasteiger partial charge in [-0.25, -0.2) is 15.0 Å². The van der Waals surface area contributed by atoms with Crippen LogP contribution < -0.4 is 20.6 Å². The molecule has 0 spiro atoms. The highest BCUT2D eigenvalue weighted by Crippen LogP contribution is 2.28. The number of nitrogens with two attached hydrogens (primary N) is 1. The fourth-order valence-electron chi connectivity index (χ4n) is 1.87. The maximum absolute atomic E-state index is 12.2. The number of hydrogen-bond acceptors (Lipinski definition) is 5. The Balaban J connectivity index is 2.15. The summed E-state index contributed by atoms with van der Waals surface area (Å²) in [6.07, 6.45) is 1.39. The number of methoxy groups -OCH3 is 1. The molecule has 2 rings (SSSR count). The molecule has 7 nitrogen and oxygen atoms in total. The number of aryl methyl sites for hydroxylation is 1. The molecule has 2 amide bonds. The highest BCUT2D eigenvalue weighted by atomic mass is 16.6. The molecule has 124 valence electrons. The minimum absolute atomic E-state index is 0.281. The highest BCUT2D eigenvalue weighted by Gasteiger charge is 2.12. The van der Waals surface area contributed by atoms with Crippen molar-refractivity contribution in [3.05, 3.63) is 59.2 Å². The van der Waals surface area contributed by atoms with Gasteiger partial charge < -0.3 is 15.2 Å². The lowest BCUT2D eigenvalue weighted by Gasteiger charge is -2.10. The van der Waals surface area contributed by atoms with E-state index in [4.69, 9.17) is 15.2 Å². The van der Waals surface area contributed by atoms with Gasteiger partial charge in [-0.3, -0.25) is 0 Å². The lowest BCUT2D eigenvalue weighted by atomic mass is 10.1. The number of amides is 2. The largest absolute Gasteiger partial charge is 0.493 e. The van der Waals surface area contributed by atoms with E-state index < -0.39 is 12.0 Å². The third-order valence-corrected chi connectivity index (χ3v) is 3.07. The van der Waals surface area contributed by atoms with Gasteiger partial charge in [0, 0.05) is 0 Å². The summed E-state index contributed by atoms with van der Waals surface area (Å²) < 4.78 is 10.6. The zero-order chi connectivity index (χ0) is 17.5. The second kappa shape index (κ2) is 7.77. The van der Waals surface area contributed by atoms with Crippen LogP contribution in [0.3, 0.4) is 0 Å². The van der Waals surface area contributed by atoms with Crippen LogP contribution in [-0.2, 0) is 0 Å². The highest BCUT2D eigenvalue weighted by molar-refractivity contribution is 5.91. The molecule has 0 bridgehead atoms. The fourth-order valence-corrected chi connectivity index (χ4v) is 1.87. The predicted molar refractivity (Wildman–Crippen MR) is 89.4 cm³/mol. The van der Waals surface area contributed by atoms with Gasteiger partial charge in [0.1, 0.15) is 0 Å². The summed E-state index contributed by atoms with van der Waals surface area (Å²) in [4.78, 5) is 22.7. The zero-order valence-electron chi connectivity index (χ0n) is 13.3. The molecule has 0 aliphatic heterocycles. The minimum atomic E-state index is -0.762. The topological polar surface area (TPSA) is 103 Å². The van der Waals surface area contributed by atoms with Gasteiger partial charge in [-0.05, 0) is 42.8 Å². The third kappa shape index (κ3) is 4.57. The van der Waals surface area contributed by atoms with Crippen molar-refractivity contribution in [2.45, 2.75) is 6.92 Å². The lowest BCUT2D eigenvalue weighted by molar-refractivity contribution is 0.0729. The van der Waals surface area contributed by atoms with Gasteiger partial charge in [0.15, 0.2) is 11.5 Å².